The van der Waals surface area contributed by atoms with Crippen LogP contribution in [-0.4, -0.2) is 45.6 Å². The Morgan fingerprint density at radius 1 is 1.16 bits per heavy atom. The summed E-state index contributed by atoms with van der Waals surface area (Å²) < 4.78 is 11.7. The molecule has 0 heterocycles. The Balaban J connectivity index is 4.20. The lowest BCUT2D eigenvalue weighted by Crippen LogP contribution is -2.46. The van der Waals surface area contributed by atoms with E-state index in [1.165, 1.54) is 0 Å². The summed E-state index contributed by atoms with van der Waals surface area (Å²) in [5.41, 5.74) is -0.309. The Bertz CT molecular complexity index is 262. The van der Waals surface area contributed by atoms with Crippen LogP contribution in [0.3, 0.4) is 0 Å². The van der Waals surface area contributed by atoms with Gasteiger partial charge < -0.3 is 18.8 Å². The van der Waals surface area contributed by atoms with E-state index >= 15 is 0 Å². The highest BCUT2D eigenvalue weighted by molar-refractivity contribution is 6.81. The molecule has 2 atom stereocenters. The van der Waals surface area contributed by atoms with E-state index in [-0.39, 0.29) is 18.1 Å². The van der Waals surface area contributed by atoms with Crippen molar-refractivity contribution in [3.63, 3.8) is 0 Å². The molecule has 0 aromatic rings. The smallest absolute Gasteiger partial charge is 0.322 e. The molecule has 2 N–H and O–H groups in total. The maximum atomic E-state index is 10.4. The normalized spacial score (nSPS) is 18.2. The molecule has 0 amide bonds. The number of aliphatic hydroxyl groups is 1. The van der Waals surface area contributed by atoms with Crippen LogP contribution >= 0.6 is 0 Å². The largest absolute Gasteiger partial charge is 0.436 e. The number of hydrogen-bond donors (Lipinski definition) is 2. The summed E-state index contributed by atoms with van der Waals surface area (Å²) in [5, 5.41) is 8.95. The average molecular weight is 309 g/mol. The third kappa shape index (κ3) is 10.7. The first-order chi connectivity index (χ1) is 8.37. The van der Waals surface area contributed by atoms with Gasteiger partial charge in [-0.05, 0) is 58.4 Å². The van der Waals surface area contributed by atoms with E-state index in [0.29, 0.717) is 19.1 Å². The van der Waals surface area contributed by atoms with Gasteiger partial charge in [-0.3, -0.25) is 0 Å². The molecule has 0 radical (unpaired) electrons. The van der Waals surface area contributed by atoms with Gasteiger partial charge in [-0.25, -0.2) is 0 Å². The standard InChI is InChI=1S/C13H32O4Si2/c1-12(10-16-13(2,3)8-9-14)11-19(7,15)17-18(4,5)6/h12,14-15H,8-11H2,1-7H3. The molecule has 0 aromatic carbocycles. The molecule has 116 valence electrons. The second-order valence-electron chi connectivity index (χ2n) is 7.24. The average Bonchev–Trinajstić information content (AvgIpc) is 2.09. The molecule has 0 bridgehead atoms. The third-order valence-corrected chi connectivity index (χ3v) is 8.39. The van der Waals surface area contributed by atoms with Crippen molar-refractivity contribution < 1.29 is 18.8 Å². The molecule has 0 aliphatic rings. The zero-order valence-corrected chi connectivity index (χ0v) is 15.6. The van der Waals surface area contributed by atoms with Crippen LogP contribution in [0.15, 0.2) is 0 Å². The Hall–Kier alpha value is 0.274. The molecule has 6 heteroatoms. The van der Waals surface area contributed by atoms with Crippen LogP contribution in [0.4, 0.5) is 0 Å². The fraction of sp³-hybridized carbons (Fsp3) is 1.00. The third-order valence-electron chi connectivity index (χ3n) is 2.73. The summed E-state index contributed by atoms with van der Waals surface area (Å²) in [4.78, 5) is 10.4. The van der Waals surface area contributed by atoms with Crippen LogP contribution in [-0.2, 0) is 8.85 Å². The first kappa shape index (κ1) is 19.3. The van der Waals surface area contributed by atoms with Gasteiger partial charge in [-0.1, -0.05) is 6.92 Å². The second-order valence-corrected chi connectivity index (χ2v) is 15.0. The minimum absolute atomic E-state index is 0.132. The van der Waals surface area contributed by atoms with Gasteiger partial charge in [-0.2, -0.15) is 0 Å². The molecule has 0 spiro atoms. The fourth-order valence-corrected chi connectivity index (χ4v) is 9.14. The Morgan fingerprint density at radius 3 is 2.11 bits per heavy atom. The van der Waals surface area contributed by atoms with Gasteiger partial charge in [0.15, 0.2) is 8.32 Å². The number of hydrogen-bond acceptors (Lipinski definition) is 4. The molecular formula is C13H32O4Si2. The Morgan fingerprint density at radius 2 is 1.68 bits per heavy atom. The predicted molar refractivity (Wildman–Crippen MR) is 84.0 cm³/mol. The van der Waals surface area contributed by atoms with Gasteiger partial charge >= 0.3 is 8.56 Å². The molecule has 0 aromatic heterocycles. The van der Waals surface area contributed by atoms with Gasteiger partial charge in [0, 0.05) is 13.2 Å². The monoisotopic (exact) mass is 308 g/mol. The lowest BCUT2D eigenvalue weighted by Gasteiger charge is -2.32. The van der Waals surface area contributed by atoms with Crippen molar-refractivity contribution in [2.75, 3.05) is 13.2 Å². The highest BCUT2D eigenvalue weighted by atomic mass is 28.4. The lowest BCUT2D eigenvalue weighted by atomic mass is 10.1. The van der Waals surface area contributed by atoms with Crippen LogP contribution in [0.25, 0.3) is 0 Å². The maximum Gasteiger partial charge on any atom is 0.322 e. The predicted octanol–water partition coefficient (Wildman–Crippen LogP) is 2.72. The summed E-state index contributed by atoms with van der Waals surface area (Å²) in [6.07, 6.45) is 0.624. The topological polar surface area (TPSA) is 58.9 Å². The quantitative estimate of drug-likeness (QED) is 0.643. The van der Waals surface area contributed by atoms with Gasteiger partial charge in [0.25, 0.3) is 0 Å². The molecule has 2 unspecified atom stereocenters. The summed E-state index contributed by atoms with van der Waals surface area (Å²) in [6, 6.07) is 0.687. The molecular weight excluding hydrogens is 276 g/mol. The first-order valence-corrected chi connectivity index (χ1v) is 13.0. The summed E-state index contributed by atoms with van der Waals surface area (Å²) in [5.74, 6) is 0.260. The maximum absolute atomic E-state index is 10.4. The van der Waals surface area contributed by atoms with E-state index in [1.807, 2.05) is 20.4 Å². The lowest BCUT2D eigenvalue weighted by molar-refractivity contribution is -0.0448. The molecule has 0 aliphatic heterocycles. The highest BCUT2D eigenvalue weighted by Crippen LogP contribution is 2.22. The second kappa shape index (κ2) is 7.33. The van der Waals surface area contributed by atoms with Crippen LogP contribution in [0.2, 0.25) is 32.2 Å². The van der Waals surface area contributed by atoms with E-state index < -0.39 is 16.9 Å². The molecule has 0 rings (SSSR count). The van der Waals surface area contributed by atoms with Crippen molar-refractivity contribution in [3.05, 3.63) is 0 Å². The molecule has 0 aliphatic carbocycles. The van der Waals surface area contributed by atoms with E-state index in [1.54, 1.807) is 0 Å². The zero-order valence-electron chi connectivity index (χ0n) is 13.6. The van der Waals surface area contributed by atoms with Crippen LogP contribution in [0.1, 0.15) is 27.2 Å². The summed E-state index contributed by atoms with van der Waals surface area (Å²) >= 11 is 0. The summed E-state index contributed by atoms with van der Waals surface area (Å²) in [6.45, 7) is 14.9. The fourth-order valence-electron chi connectivity index (χ4n) is 2.12. The van der Waals surface area contributed by atoms with E-state index in [0.717, 1.165) is 0 Å². The SMILES string of the molecule is CC(COC(C)(C)CCO)C[Si](C)(O)O[Si](C)(C)C. The van der Waals surface area contributed by atoms with Gasteiger partial charge in [0.1, 0.15) is 0 Å². The molecule has 4 nitrogen and oxygen atoms in total. The molecule has 19 heavy (non-hydrogen) atoms. The van der Waals surface area contributed by atoms with Crippen molar-refractivity contribution in [2.45, 2.75) is 65.0 Å². The molecule has 0 fully saturated rings. The summed E-state index contributed by atoms with van der Waals surface area (Å²) in [7, 11) is -4.28. The van der Waals surface area contributed by atoms with Crippen molar-refractivity contribution in [3.8, 4) is 0 Å². The van der Waals surface area contributed by atoms with Gasteiger partial charge in [-0.15, -0.1) is 0 Å². The number of aliphatic hydroxyl groups excluding tert-OH is 1. The van der Waals surface area contributed by atoms with Crippen molar-refractivity contribution in [1.29, 1.82) is 0 Å². The van der Waals surface area contributed by atoms with Gasteiger partial charge in [0.2, 0.25) is 0 Å². The van der Waals surface area contributed by atoms with Crippen molar-refractivity contribution in [2.24, 2.45) is 5.92 Å². The van der Waals surface area contributed by atoms with E-state index in [2.05, 4.69) is 26.6 Å². The number of rotatable bonds is 9. The van der Waals surface area contributed by atoms with Crippen molar-refractivity contribution >= 4 is 16.9 Å². The number of ether oxygens (including phenoxy) is 1. The van der Waals surface area contributed by atoms with E-state index in [4.69, 9.17) is 14.0 Å². The Kier molecular flexibility index (Phi) is 7.44. The Labute approximate surface area is 120 Å². The highest BCUT2D eigenvalue weighted by Gasteiger charge is 2.35. The molecule has 0 saturated carbocycles. The zero-order chi connectivity index (χ0) is 15.3. The minimum Gasteiger partial charge on any atom is -0.436 e. The first-order valence-electron chi connectivity index (χ1n) is 7.04. The van der Waals surface area contributed by atoms with E-state index in [9.17, 15) is 4.80 Å². The van der Waals surface area contributed by atoms with Gasteiger partial charge in [0.05, 0.1) is 5.60 Å². The van der Waals surface area contributed by atoms with Crippen LogP contribution in [0.5, 0.6) is 0 Å². The minimum atomic E-state index is -2.58. The van der Waals surface area contributed by atoms with Crippen LogP contribution in [0, 0.1) is 5.92 Å². The van der Waals surface area contributed by atoms with Crippen molar-refractivity contribution in [1.82, 2.24) is 0 Å². The van der Waals surface area contributed by atoms with Crippen LogP contribution < -0.4 is 0 Å². The molecule has 0 saturated heterocycles.